The lowest BCUT2D eigenvalue weighted by Crippen LogP contribution is -2.30. The molecule has 19 heavy (non-hydrogen) atoms. The zero-order valence-electron chi connectivity index (χ0n) is 11.6. The minimum atomic E-state index is -1.00. The molecule has 2 rings (SSSR count). The largest absolute Gasteiger partial charge is 0.242 e. The van der Waals surface area contributed by atoms with Gasteiger partial charge in [-0.1, -0.05) is 29.8 Å². The molecule has 1 aromatic carbocycles. The Bertz CT molecular complexity index is 506. The molecule has 1 aliphatic heterocycles. The van der Waals surface area contributed by atoms with Gasteiger partial charge in [0, 0.05) is 11.6 Å². The second-order valence-electron chi connectivity index (χ2n) is 5.93. The summed E-state index contributed by atoms with van der Waals surface area (Å²) in [6.45, 7) is 10.6. The van der Waals surface area contributed by atoms with Crippen molar-refractivity contribution in [3.05, 3.63) is 47.5 Å². The van der Waals surface area contributed by atoms with Crippen LogP contribution in [0.4, 0.5) is 0 Å². The molecule has 0 spiro atoms. The minimum absolute atomic E-state index is 0.162. The van der Waals surface area contributed by atoms with E-state index in [0.29, 0.717) is 0 Å². The first kappa shape index (κ1) is 14.8. The van der Waals surface area contributed by atoms with E-state index >= 15 is 0 Å². The number of nitrogens with zero attached hydrogens (tertiary/aromatic N) is 1. The molecule has 4 heteroatoms. The lowest BCUT2D eigenvalue weighted by atomic mass is 9.96. The summed E-state index contributed by atoms with van der Waals surface area (Å²) in [5.41, 5.74) is 0.999. The van der Waals surface area contributed by atoms with Crippen LogP contribution in [0.2, 0.25) is 5.02 Å². The summed E-state index contributed by atoms with van der Waals surface area (Å²) in [7, 11) is -1.00. The molecule has 0 amide bonds. The Kier molecular flexibility index (Phi) is 3.92. The van der Waals surface area contributed by atoms with Gasteiger partial charge in [-0.2, -0.15) is 0 Å². The van der Waals surface area contributed by atoms with Gasteiger partial charge < -0.3 is 0 Å². The predicted octanol–water partition coefficient (Wildman–Crippen LogP) is 3.89. The van der Waals surface area contributed by atoms with Crippen LogP contribution in [-0.2, 0) is 16.5 Å². The van der Waals surface area contributed by atoms with E-state index in [1.807, 2.05) is 51.1 Å². The van der Waals surface area contributed by atoms with Crippen molar-refractivity contribution in [3.8, 4) is 0 Å². The average Bonchev–Trinajstić information content (AvgIpc) is 3.04. The van der Waals surface area contributed by atoms with E-state index in [2.05, 4.69) is 10.9 Å². The van der Waals surface area contributed by atoms with Crippen molar-refractivity contribution in [2.75, 3.05) is 6.54 Å². The van der Waals surface area contributed by atoms with Crippen molar-refractivity contribution in [1.29, 1.82) is 0 Å². The van der Waals surface area contributed by atoms with Crippen LogP contribution in [0.15, 0.2) is 36.9 Å². The highest BCUT2D eigenvalue weighted by Gasteiger charge is 2.57. The third kappa shape index (κ3) is 2.78. The first-order valence-electron chi connectivity index (χ1n) is 6.38. The lowest BCUT2D eigenvalue weighted by molar-refractivity contribution is 0.539. The smallest absolute Gasteiger partial charge is 0.101 e. The van der Waals surface area contributed by atoms with Gasteiger partial charge in [0.05, 0.1) is 10.3 Å². The van der Waals surface area contributed by atoms with Crippen LogP contribution in [0, 0.1) is 0 Å². The van der Waals surface area contributed by atoms with Crippen molar-refractivity contribution < 1.29 is 4.21 Å². The Labute approximate surface area is 123 Å². The van der Waals surface area contributed by atoms with Crippen LogP contribution in [0.1, 0.15) is 32.8 Å². The zero-order chi connectivity index (χ0) is 14.3. The Morgan fingerprint density at radius 3 is 2.47 bits per heavy atom. The van der Waals surface area contributed by atoms with E-state index in [9.17, 15) is 4.21 Å². The first-order valence-corrected chi connectivity index (χ1v) is 7.86. The maximum Gasteiger partial charge on any atom is 0.101 e. The quantitative estimate of drug-likeness (QED) is 0.610. The Hall–Kier alpha value is -0.640. The molecule has 2 nitrogen and oxygen atoms in total. The van der Waals surface area contributed by atoms with E-state index in [0.717, 1.165) is 23.6 Å². The molecule has 0 saturated carbocycles. The van der Waals surface area contributed by atoms with Crippen molar-refractivity contribution in [2.24, 2.45) is 0 Å². The van der Waals surface area contributed by atoms with Gasteiger partial charge in [0.1, 0.15) is 11.0 Å². The number of benzene rings is 1. The zero-order valence-corrected chi connectivity index (χ0v) is 13.2. The van der Waals surface area contributed by atoms with E-state index in [-0.39, 0.29) is 10.3 Å². The average molecular weight is 298 g/mol. The summed E-state index contributed by atoms with van der Waals surface area (Å²) >= 11 is 5.94. The molecule has 0 radical (unpaired) electrons. The van der Waals surface area contributed by atoms with Crippen molar-refractivity contribution in [2.45, 2.75) is 37.5 Å². The third-order valence-corrected chi connectivity index (χ3v) is 5.55. The van der Waals surface area contributed by atoms with Crippen LogP contribution in [0.3, 0.4) is 0 Å². The summed E-state index contributed by atoms with van der Waals surface area (Å²) < 4.78 is 14.3. The second kappa shape index (κ2) is 5.04. The molecule has 1 saturated heterocycles. The van der Waals surface area contributed by atoms with Crippen molar-refractivity contribution in [1.82, 2.24) is 4.31 Å². The molecule has 1 heterocycles. The highest BCUT2D eigenvalue weighted by molar-refractivity contribution is 7.84. The molecule has 104 valence electrons. The van der Waals surface area contributed by atoms with Gasteiger partial charge in [0.2, 0.25) is 0 Å². The van der Waals surface area contributed by atoms with Crippen LogP contribution in [0.5, 0.6) is 0 Å². The third-order valence-electron chi connectivity index (χ3n) is 3.37. The molecule has 1 unspecified atom stereocenters. The van der Waals surface area contributed by atoms with Gasteiger partial charge >= 0.3 is 0 Å². The summed E-state index contributed by atoms with van der Waals surface area (Å²) in [6.07, 6.45) is 2.70. The number of hydrogen-bond acceptors (Lipinski definition) is 1. The predicted molar refractivity (Wildman–Crippen MR) is 82.5 cm³/mol. The van der Waals surface area contributed by atoms with Gasteiger partial charge in [-0.3, -0.25) is 0 Å². The fraction of sp³-hybridized carbons (Fsp3) is 0.467. The van der Waals surface area contributed by atoms with E-state index < -0.39 is 11.0 Å². The standard InChI is InChI=1S/C15H20ClNOS/c1-5-10-15(12-6-8-13(16)9-7-12)11-17(15)19(18)14(2,3)4/h5-9H,1,10-11H2,2-4H3/t15-,17?,19-/m1/s1. The Morgan fingerprint density at radius 1 is 1.42 bits per heavy atom. The van der Waals surface area contributed by atoms with E-state index in [1.54, 1.807) is 0 Å². The van der Waals surface area contributed by atoms with Gasteiger partial charge in [-0.05, 0) is 44.9 Å². The maximum absolute atomic E-state index is 12.5. The molecule has 0 aromatic heterocycles. The molecular formula is C15H20ClNOS. The summed E-state index contributed by atoms with van der Waals surface area (Å²) in [6, 6.07) is 7.81. The normalized spacial score (nSPS) is 27.9. The van der Waals surface area contributed by atoms with E-state index in [1.165, 1.54) is 0 Å². The number of hydrogen-bond donors (Lipinski definition) is 0. The van der Waals surface area contributed by atoms with Crippen molar-refractivity contribution >= 4 is 22.6 Å². The van der Waals surface area contributed by atoms with E-state index in [4.69, 9.17) is 11.6 Å². The summed E-state index contributed by atoms with van der Waals surface area (Å²) in [5.74, 6) is 0. The SMILES string of the molecule is C=CC[C@]1(c2ccc(Cl)cc2)CN1[S@](=O)C(C)(C)C. The first-order chi connectivity index (χ1) is 8.81. The van der Waals surface area contributed by atoms with Gasteiger partial charge in [0.15, 0.2) is 0 Å². The molecule has 0 aliphatic carbocycles. The monoisotopic (exact) mass is 297 g/mol. The second-order valence-corrected chi connectivity index (χ2v) is 8.53. The Balaban J connectivity index is 2.30. The van der Waals surface area contributed by atoms with Gasteiger partial charge in [-0.15, -0.1) is 6.58 Å². The maximum atomic E-state index is 12.5. The van der Waals surface area contributed by atoms with Crippen LogP contribution >= 0.6 is 11.6 Å². The Morgan fingerprint density at radius 2 is 2.00 bits per heavy atom. The summed E-state index contributed by atoms with van der Waals surface area (Å²) in [5, 5.41) is 0.724. The molecule has 1 aliphatic rings. The fourth-order valence-corrected chi connectivity index (χ4v) is 3.88. The molecule has 1 fully saturated rings. The molecule has 1 aromatic rings. The minimum Gasteiger partial charge on any atom is -0.242 e. The molecule has 0 bridgehead atoms. The van der Waals surface area contributed by atoms with Gasteiger partial charge in [0.25, 0.3) is 0 Å². The van der Waals surface area contributed by atoms with Gasteiger partial charge in [-0.25, -0.2) is 8.51 Å². The topological polar surface area (TPSA) is 20.1 Å². The molecule has 0 N–H and O–H groups in total. The van der Waals surface area contributed by atoms with Crippen LogP contribution in [-0.4, -0.2) is 19.8 Å². The van der Waals surface area contributed by atoms with Crippen LogP contribution in [0.25, 0.3) is 0 Å². The molecular weight excluding hydrogens is 278 g/mol. The lowest BCUT2D eigenvalue weighted by Gasteiger charge is -2.23. The number of halogens is 1. The fourth-order valence-electron chi connectivity index (χ4n) is 2.27. The van der Waals surface area contributed by atoms with Crippen LogP contribution < -0.4 is 0 Å². The highest BCUT2D eigenvalue weighted by atomic mass is 35.5. The molecule has 3 atom stereocenters. The number of rotatable bonds is 4. The van der Waals surface area contributed by atoms with Crippen molar-refractivity contribution in [3.63, 3.8) is 0 Å². The summed E-state index contributed by atoms with van der Waals surface area (Å²) in [4.78, 5) is 0. The highest BCUT2D eigenvalue weighted by Crippen LogP contribution is 2.49.